The molecule has 0 saturated carbocycles. The Kier molecular flexibility index (Phi) is 3.97. The molecule has 1 aliphatic rings. The van der Waals surface area contributed by atoms with E-state index in [0.29, 0.717) is 12.1 Å². The number of para-hydroxylation sites is 3. The predicted molar refractivity (Wildman–Crippen MR) is 93.3 cm³/mol. The Balaban J connectivity index is 1.92. The standard InChI is InChI=1S/C18H19N3O3/c1-18(2)12-20(16-10-6-4-8-14(16)19-18)17(22)11-13-7-3-5-9-15(13)21(23)24/h3-10,19H,11-12H2,1-2H3. The van der Waals surface area contributed by atoms with E-state index in [1.165, 1.54) is 6.07 Å². The maximum Gasteiger partial charge on any atom is 0.273 e. The molecule has 0 atom stereocenters. The number of nitrogens with zero attached hydrogens (tertiary/aromatic N) is 2. The molecule has 2 aromatic carbocycles. The number of benzene rings is 2. The van der Waals surface area contributed by atoms with Gasteiger partial charge in [-0.25, -0.2) is 0 Å². The van der Waals surface area contributed by atoms with Gasteiger partial charge in [-0.2, -0.15) is 0 Å². The molecule has 0 aromatic heterocycles. The second kappa shape index (κ2) is 5.96. The van der Waals surface area contributed by atoms with Gasteiger partial charge in [-0.3, -0.25) is 14.9 Å². The first kappa shape index (κ1) is 16.0. The molecule has 124 valence electrons. The quantitative estimate of drug-likeness (QED) is 0.693. The summed E-state index contributed by atoms with van der Waals surface area (Å²) in [6.07, 6.45) is 0.00156. The summed E-state index contributed by atoms with van der Waals surface area (Å²) in [6.45, 7) is 4.55. The van der Waals surface area contributed by atoms with Gasteiger partial charge in [0.25, 0.3) is 5.69 Å². The lowest BCUT2D eigenvalue weighted by Crippen LogP contribution is -2.51. The van der Waals surface area contributed by atoms with Crippen molar-refractivity contribution in [3.05, 3.63) is 64.2 Å². The maximum absolute atomic E-state index is 12.9. The van der Waals surface area contributed by atoms with Crippen molar-refractivity contribution in [2.75, 3.05) is 16.8 Å². The summed E-state index contributed by atoms with van der Waals surface area (Å²) < 4.78 is 0. The van der Waals surface area contributed by atoms with Gasteiger partial charge in [0.1, 0.15) is 0 Å². The zero-order valence-corrected chi connectivity index (χ0v) is 13.7. The molecule has 3 rings (SSSR count). The fraction of sp³-hybridized carbons (Fsp3) is 0.278. The van der Waals surface area contributed by atoms with E-state index in [0.717, 1.165) is 11.4 Å². The number of hydrogen-bond donors (Lipinski definition) is 1. The highest BCUT2D eigenvalue weighted by atomic mass is 16.6. The molecule has 2 aromatic rings. The third kappa shape index (κ3) is 3.08. The average Bonchev–Trinajstić information content (AvgIpc) is 2.53. The number of nitro benzene ring substituents is 1. The molecule has 0 unspecified atom stereocenters. The van der Waals surface area contributed by atoms with E-state index in [1.54, 1.807) is 23.1 Å². The van der Waals surface area contributed by atoms with Gasteiger partial charge in [-0.1, -0.05) is 30.3 Å². The monoisotopic (exact) mass is 325 g/mol. The lowest BCUT2D eigenvalue weighted by Gasteiger charge is -2.41. The Hall–Kier alpha value is -2.89. The molecule has 0 radical (unpaired) electrons. The van der Waals surface area contributed by atoms with E-state index < -0.39 is 4.92 Å². The molecule has 0 fully saturated rings. The van der Waals surface area contributed by atoms with Crippen molar-refractivity contribution in [1.82, 2.24) is 0 Å². The molecule has 0 bridgehead atoms. The van der Waals surface area contributed by atoms with Gasteiger partial charge in [0.2, 0.25) is 5.91 Å². The topological polar surface area (TPSA) is 75.5 Å². The van der Waals surface area contributed by atoms with Crippen LogP contribution in [0.3, 0.4) is 0 Å². The van der Waals surface area contributed by atoms with Crippen LogP contribution in [0.25, 0.3) is 0 Å². The number of carbonyl (C=O) groups is 1. The number of fused-ring (bicyclic) bond motifs is 1. The van der Waals surface area contributed by atoms with Gasteiger partial charge in [-0.05, 0) is 26.0 Å². The van der Waals surface area contributed by atoms with Crippen molar-refractivity contribution in [3.63, 3.8) is 0 Å². The number of carbonyl (C=O) groups excluding carboxylic acids is 1. The average molecular weight is 325 g/mol. The molecular formula is C18H19N3O3. The zero-order chi connectivity index (χ0) is 17.3. The van der Waals surface area contributed by atoms with Crippen LogP contribution >= 0.6 is 0 Å². The van der Waals surface area contributed by atoms with Gasteiger partial charge >= 0.3 is 0 Å². The van der Waals surface area contributed by atoms with Crippen molar-refractivity contribution in [2.24, 2.45) is 0 Å². The summed E-state index contributed by atoms with van der Waals surface area (Å²) >= 11 is 0. The summed E-state index contributed by atoms with van der Waals surface area (Å²) in [7, 11) is 0. The Morgan fingerprint density at radius 3 is 2.62 bits per heavy atom. The molecule has 0 aliphatic carbocycles. The first-order valence-electron chi connectivity index (χ1n) is 7.77. The fourth-order valence-corrected chi connectivity index (χ4v) is 3.02. The second-order valence-electron chi connectivity index (χ2n) is 6.57. The lowest BCUT2D eigenvalue weighted by molar-refractivity contribution is -0.385. The molecule has 1 amide bonds. The van der Waals surface area contributed by atoms with Gasteiger partial charge in [0, 0.05) is 23.7 Å². The molecular weight excluding hydrogens is 306 g/mol. The number of anilines is 2. The Morgan fingerprint density at radius 1 is 1.21 bits per heavy atom. The van der Waals surface area contributed by atoms with Crippen molar-refractivity contribution in [3.8, 4) is 0 Å². The molecule has 1 aliphatic heterocycles. The van der Waals surface area contributed by atoms with Gasteiger partial charge in [-0.15, -0.1) is 0 Å². The Bertz CT molecular complexity index is 802. The highest BCUT2D eigenvalue weighted by Crippen LogP contribution is 2.34. The third-order valence-corrected chi connectivity index (χ3v) is 4.05. The largest absolute Gasteiger partial charge is 0.377 e. The first-order valence-corrected chi connectivity index (χ1v) is 7.77. The molecule has 6 heteroatoms. The molecule has 24 heavy (non-hydrogen) atoms. The molecule has 6 nitrogen and oxygen atoms in total. The van der Waals surface area contributed by atoms with Crippen LogP contribution in [0.5, 0.6) is 0 Å². The predicted octanol–water partition coefficient (Wildman–Crippen LogP) is 3.37. The minimum atomic E-state index is -0.446. The molecule has 0 spiro atoms. The summed E-state index contributed by atoms with van der Waals surface area (Å²) in [6, 6.07) is 14.0. The zero-order valence-electron chi connectivity index (χ0n) is 13.7. The van der Waals surface area contributed by atoms with E-state index >= 15 is 0 Å². The van der Waals surface area contributed by atoms with E-state index in [4.69, 9.17) is 0 Å². The normalized spacial score (nSPS) is 15.3. The molecule has 0 saturated heterocycles. The van der Waals surface area contributed by atoms with E-state index in [2.05, 4.69) is 5.32 Å². The van der Waals surface area contributed by atoms with Crippen LogP contribution in [-0.2, 0) is 11.2 Å². The number of rotatable bonds is 3. The van der Waals surface area contributed by atoms with Crippen molar-refractivity contribution < 1.29 is 9.72 Å². The highest BCUT2D eigenvalue weighted by Gasteiger charge is 2.33. The van der Waals surface area contributed by atoms with Crippen LogP contribution in [0.2, 0.25) is 0 Å². The van der Waals surface area contributed by atoms with Crippen molar-refractivity contribution in [1.29, 1.82) is 0 Å². The van der Waals surface area contributed by atoms with E-state index in [1.807, 2.05) is 38.1 Å². The SMILES string of the molecule is CC1(C)CN(C(=O)Cc2ccccc2[N+](=O)[O-])c2ccccc2N1. The summed E-state index contributed by atoms with van der Waals surface area (Å²) in [5.41, 5.74) is 1.84. The highest BCUT2D eigenvalue weighted by molar-refractivity contribution is 5.99. The van der Waals surface area contributed by atoms with Crippen LogP contribution in [-0.4, -0.2) is 22.9 Å². The molecule has 1 heterocycles. The smallest absolute Gasteiger partial charge is 0.273 e. The first-order chi connectivity index (χ1) is 11.4. The number of nitro groups is 1. The lowest BCUT2D eigenvalue weighted by atomic mass is 9.98. The van der Waals surface area contributed by atoms with Gasteiger partial charge < -0.3 is 10.2 Å². The van der Waals surface area contributed by atoms with Crippen LogP contribution in [0.15, 0.2) is 48.5 Å². The minimum Gasteiger partial charge on any atom is -0.377 e. The number of hydrogen-bond acceptors (Lipinski definition) is 4. The van der Waals surface area contributed by atoms with Gasteiger partial charge in [0.15, 0.2) is 0 Å². The van der Waals surface area contributed by atoms with Crippen LogP contribution in [0, 0.1) is 10.1 Å². The van der Waals surface area contributed by atoms with Crippen LogP contribution < -0.4 is 10.2 Å². The second-order valence-corrected chi connectivity index (χ2v) is 6.57. The third-order valence-electron chi connectivity index (χ3n) is 4.05. The van der Waals surface area contributed by atoms with E-state index in [-0.39, 0.29) is 23.6 Å². The Morgan fingerprint density at radius 2 is 1.88 bits per heavy atom. The summed E-state index contributed by atoms with van der Waals surface area (Å²) in [4.78, 5) is 25.3. The number of amides is 1. The maximum atomic E-state index is 12.9. The van der Waals surface area contributed by atoms with Gasteiger partial charge in [0.05, 0.1) is 22.7 Å². The minimum absolute atomic E-state index is 0.00156. The van der Waals surface area contributed by atoms with Crippen molar-refractivity contribution >= 4 is 23.0 Å². The summed E-state index contributed by atoms with van der Waals surface area (Å²) in [5, 5.41) is 14.6. The van der Waals surface area contributed by atoms with E-state index in [9.17, 15) is 14.9 Å². The Labute approximate surface area is 140 Å². The molecule has 1 N–H and O–H groups in total. The summed E-state index contributed by atoms with van der Waals surface area (Å²) in [5.74, 6) is -0.147. The van der Waals surface area contributed by atoms with Crippen LogP contribution in [0.4, 0.5) is 17.1 Å². The van der Waals surface area contributed by atoms with Crippen molar-refractivity contribution in [2.45, 2.75) is 25.8 Å². The number of nitrogens with one attached hydrogen (secondary N) is 1. The fourth-order valence-electron chi connectivity index (χ4n) is 3.02. The van der Waals surface area contributed by atoms with Crippen LogP contribution in [0.1, 0.15) is 19.4 Å².